The average molecular weight is 233 g/mol. The van der Waals surface area contributed by atoms with Gasteiger partial charge in [0, 0.05) is 12.2 Å². The minimum atomic E-state index is -0.942. The Morgan fingerprint density at radius 1 is 1.41 bits per heavy atom. The van der Waals surface area contributed by atoms with Crippen LogP contribution in [0.5, 0.6) is 0 Å². The summed E-state index contributed by atoms with van der Waals surface area (Å²) in [4.78, 5) is 11.4. The maximum Gasteiger partial charge on any atom is 0.319 e. The van der Waals surface area contributed by atoms with Crippen molar-refractivity contribution in [2.75, 3.05) is 11.9 Å². The summed E-state index contributed by atoms with van der Waals surface area (Å²) in [6.45, 7) is 3.37. The number of aliphatic hydroxyl groups is 1. The van der Waals surface area contributed by atoms with Gasteiger partial charge in [0.1, 0.15) is 0 Å². The summed E-state index contributed by atoms with van der Waals surface area (Å²) in [5.41, 5.74) is 0.187. The van der Waals surface area contributed by atoms with Crippen molar-refractivity contribution in [1.82, 2.24) is 5.32 Å². The van der Waals surface area contributed by atoms with Gasteiger partial charge in [-0.2, -0.15) is 5.26 Å². The first-order valence-corrected chi connectivity index (χ1v) is 5.18. The van der Waals surface area contributed by atoms with Crippen LogP contribution < -0.4 is 10.6 Å². The highest BCUT2D eigenvalue weighted by Crippen LogP contribution is 2.08. The van der Waals surface area contributed by atoms with Crippen molar-refractivity contribution in [2.45, 2.75) is 19.4 Å². The predicted molar refractivity (Wildman–Crippen MR) is 64.5 cm³/mol. The maximum atomic E-state index is 11.4. The van der Waals surface area contributed by atoms with E-state index in [-0.39, 0.29) is 6.54 Å². The standard InChI is InChI=1S/C12H15N3O2/c1-12(2,17)8-14-11(16)15-10-5-3-9(7-13)4-6-10/h3-6,17H,8H2,1-2H3,(H2,14,15,16). The van der Waals surface area contributed by atoms with Crippen molar-refractivity contribution in [2.24, 2.45) is 0 Å². The van der Waals surface area contributed by atoms with Gasteiger partial charge in [0.2, 0.25) is 0 Å². The zero-order chi connectivity index (χ0) is 12.9. The van der Waals surface area contributed by atoms with Crippen LogP contribution in [0.25, 0.3) is 0 Å². The van der Waals surface area contributed by atoms with Crippen LogP contribution in [0, 0.1) is 11.3 Å². The van der Waals surface area contributed by atoms with Gasteiger partial charge in [-0.1, -0.05) is 0 Å². The van der Waals surface area contributed by atoms with Crippen molar-refractivity contribution in [3.05, 3.63) is 29.8 Å². The lowest BCUT2D eigenvalue weighted by atomic mass is 10.1. The maximum absolute atomic E-state index is 11.4. The van der Waals surface area contributed by atoms with E-state index in [9.17, 15) is 9.90 Å². The fraction of sp³-hybridized carbons (Fsp3) is 0.333. The van der Waals surface area contributed by atoms with Crippen LogP contribution in [-0.4, -0.2) is 23.3 Å². The van der Waals surface area contributed by atoms with Gasteiger partial charge < -0.3 is 15.7 Å². The number of nitrogens with zero attached hydrogens (tertiary/aromatic N) is 1. The molecule has 1 aromatic rings. The lowest BCUT2D eigenvalue weighted by Crippen LogP contribution is -2.40. The second-order valence-corrected chi connectivity index (χ2v) is 4.31. The Balaban J connectivity index is 2.48. The third-order valence-electron chi connectivity index (χ3n) is 1.95. The zero-order valence-electron chi connectivity index (χ0n) is 9.82. The Hall–Kier alpha value is -2.06. The van der Waals surface area contributed by atoms with E-state index in [1.54, 1.807) is 38.1 Å². The first-order valence-electron chi connectivity index (χ1n) is 5.18. The Bertz CT molecular complexity index is 427. The molecule has 5 nitrogen and oxygen atoms in total. The molecule has 0 saturated heterocycles. The lowest BCUT2D eigenvalue weighted by Gasteiger charge is -2.17. The van der Waals surface area contributed by atoms with Gasteiger partial charge in [-0.3, -0.25) is 0 Å². The van der Waals surface area contributed by atoms with Crippen LogP contribution in [0.3, 0.4) is 0 Å². The number of hydrogen-bond donors (Lipinski definition) is 3. The van der Waals surface area contributed by atoms with Gasteiger partial charge in [0.25, 0.3) is 0 Å². The van der Waals surface area contributed by atoms with E-state index < -0.39 is 11.6 Å². The molecule has 0 atom stereocenters. The molecule has 0 aromatic heterocycles. The Morgan fingerprint density at radius 3 is 2.47 bits per heavy atom. The molecule has 2 amide bonds. The molecule has 0 radical (unpaired) electrons. The SMILES string of the molecule is CC(C)(O)CNC(=O)Nc1ccc(C#N)cc1. The number of benzene rings is 1. The Morgan fingerprint density at radius 2 is 2.00 bits per heavy atom. The molecular formula is C12H15N3O2. The fourth-order valence-corrected chi connectivity index (χ4v) is 1.10. The van der Waals surface area contributed by atoms with Crippen molar-refractivity contribution >= 4 is 11.7 Å². The number of urea groups is 1. The molecule has 0 aliphatic rings. The number of carbonyl (C=O) groups is 1. The molecule has 3 N–H and O–H groups in total. The molecule has 0 aliphatic heterocycles. The number of rotatable bonds is 3. The van der Waals surface area contributed by atoms with Crippen molar-refractivity contribution in [1.29, 1.82) is 5.26 Å². The summed E-state index contributed by atoms with van der Waals surface area (Å²) < 4.78 is 0. The Kier molecular flexibility index (Phi) is 4.07. The van der Waals surface area contributed by atoms with Crippen LogP contribution in [-0.2, 0) is 0 Å². The first kappa shape index (κ1) is 13.0. The highest BCUT2D eigenvalue weighted by atomic mass is 16.3. The van der Waals surface area contributed by atoms with E-state index in [1.807, 2.05) is 6.07 Å². The number of nitriles is 1. The van der Waals surface area contributed by atoms with Crippen molar-refractivity contribution in [3.8, 4) is 6.07 Å². The molecule has 0 bridgehead atoms. The van der Waals surface area contributed by atoms with Crippen LogP contribution in [0.1, 0.15) is 19.4 Å². The minimum absolute atomic E-state index is 0.162. The number of anilines is 1. The quantitative estimate of drug-likeness (QED) is 0.738. The third-order valence-corrected chi connectivity index (χ3v) is 1.95. The topological polar surface area (TPSA) is 85.2 Å². The lowest BCUT2D eigenvalue weighted by molar-refractivity contribution is 0.0826. The largest absolute Gasteiger partial charge is 0.389 e. The number of amides is 2. The first-order chi connectivity index (χ1) is 7.90. The molecule has 0 heterocycles. The molecule has 1 rings (SSSR count). The van der Waals surface area contributed by atoms with E-state index in [2.05, 4.69) is 10.6 Å². The second-order valence-electron chi connectivity index (χ2n) is 4.31. The van der Waals surface area contributed by atoms with Crippen LogP contribution in [0.15, 0.2) is 24.3 Å². The zero-order valence-corrected chi connectivity index (χ0v) is 9.82. The number of carbonyl (C=O) groups excluding carboxylic acids is 1. The molecule has 0 saturated carbocycles. The minimum Gasteiger partial charge on any atom is -0.389 e. The summed E-state index contributed by atoms with van der Waals surface area (Å²) in [7, 11) is 0. The van der Waals surface area contributed by atoms with Crippen molar-refractivity contribution in [3.63, 3.8) is 0 Å². The molecule has 90 valence electrons. The molecule has 1 aromatic carbocycles. The van der Waals surface area contributed by atoms with Crippen molar-refractivity contribution < 1.29 is 9.90 Å². The predicted octanol–water partition coefficient (Wildman–Crippen LogP) is 1.45. The normalized spacial score (nSPS) is 10.5. The Labute approximate surface area is 100 Å². The molecule has 0 unspecified atom stereocenters. The summed E-state index contributed by atoms with van der Waals surface area (Å²) in [5, 5.41) is 23.2. The summed E-state index contributed by atoms with van der Waals surface area (Å²) in [6, 6.07) is 8.11. The van der Waals surface area contributed by atoms with Gasteiger partial charge >= 0.3 is 6.03 Å². The second kappa shape index (κ2) is 5.32. The van der Waals surface area contributed by atoms with Crippen LogP contribution in [0.4, 0.5) is 10.5 Å². The third kappa shape index (κ3) is 5.00. The van der Waals surface area contributed by atoms with Gasteiger partial charge in [-0.15, -0.1) is 0 Å². The molecule has 17 heavy (non-hydrogen) atoms. The van der Waals surface area contributed by atoms with E-state index in [1.165, 1.54) is 0 Å². The number of hydrogen-bond acceptors (Lipinski definition) is 3. The van der Waals surface area contributed by atoms with E-state index in [4.69, 9.17) is 5.26 Å². The molecule has 0 spiro atoms. The monoisotopic (exact) mass is 233 g/mol. The fourth-order valence-electron chi connectivity index (χ4n) is 1.10. The van der Waals surface area contributed by atoms with E-state index >= 15 is 0 Å². The van der Waals surface area contributed by atoms with E-state index in [0.29, 0.717) is 11.3 Å². The summed E-state index contributed by atoms with van der Waals surface area (Å²) in [5.74, 6) is 0. The molecule has 5 heteroatoms. The highest BCUT2D eigenvalue weighted by molar-refractivity contribution is 5.89. The summed E-state index contributed by atoms with van der Waals surface area (Å²) >= 11 is 0. The van der Waals surface area contributed by atoms with Crippen LogP contribution >= 0.6 is 0 Å². The van der Waals surface area contributed by atoms with Gasteiger partial charge in [-0.25, -0.2) is 4.79 Å². The molecule has 0 aliphatic carbocycles. The number of nitrogens with one attached hydrogen (secondary N) is 2. The summed E-state index contributed by atoms with van der Waals surface area (Å²) in [6.07, 6.45) is 0. The van der Waals surface area contributed by atoms with Gasteiger partial charge in [0.05, 0.1) is 17.2 Å². The highest BCUT2D eigenvalue weighted by Gasteiger charge is 2.13. The average Bonchev–Trinajstić information content (AvgIpc) is 2.27. The smallest absolute Gasteiger partial charge is 0.319 e. The van der Waals surface area contributed by atoms with Crippen LogP contribution in [0.2, 0.25) is 0 Å². The van der Waals surface area contributed by atoms with Gasteiger partial charge in [-0.05, 0) is 38.1 Å². The van der Waals surface area contributed by atoms with E-state index in [0.717, 1.165) is 0 Å². The molecular weight excluding hydrogens is 218 g/mol. The molecule has 0 fully saturated rings. The van der Waals surface area contributed by atoms with Gasteiger partial charge in [0.15, 0.2) is 0 Å².